The van der Waals surface area contributed by atoms with Crippen molar-refractivity contribution in [1.29, 1.82) is 0 Å². The Balaban J connectivity index is 1.80. The zero-order valence-corrected chi connectivity index (χ0v) is 15.1. The van der Waals surface area contributed by atoms with Crippen LogP contribution in [-0.2, 0) is 14.3 Å². The molecule has 1 N–H and O–H groups in total. The molecule has 0 aliphatic heterocycles. The molecule has 0 heterocycles. The van der Waals surface area contributed by atoms with Crippen molar-refractivity contribution in [3.05, 3.63) is 58.0 Å². The second-order valence-electron chi connectivity index (χ2n) is 4.85. The zero-order chi connectivity index (χ0) is 17.5. The third-order valence-corrected chi connectivity index (χ3v) is 3.90. The Kier molecular flexibility index (Phi) is 6.63. The third-order valence-electron chi connectivity index (χ3n) is 2.95. The van der Waals surface area contributed by atoms with Crippen LogP contribution in [0, 0.1) is 0 Å². The number of esters is 1. The average molecular weight is 413 g/mol. The van der Waals surface area contributed by atoms with Crippen LogP contribution in [0.15, 0.2) is 53.0 Å². The largest absolute Gasteiger partial charge is 0.479 e. The number of para-hydroxylation sites is 1. The number of benzene rings is 2. The molecular weight excluding hydrogens is 398 g/mol. The van der Waals surface area contributed by atoms with Crippen LogP contribution in [0.1, 0.15) is 6.92 Å². The molecule has 0 unspecified atom stereocenters. The van der Waals surface area contributed by atoms with E-state index in [1.807, 2.05) is 6.07 Å². The first-order chi connectivity index (χ1) is 11.5. The minimum Gasteiger partial charge on any atom is -0.479 e. The number of nitrogens with one attached hydrogen (secondary N) is 1. The molecule has 126 valence electrons. The Morgan fingerprint density at radius 3 is 2.50 bits per heavy atom. The van der Waals surface area contributed by atoms with Gasteiger partial charge >= 0.3 is 5.97 Å². The maximum absolute atomic E-state index is 11.9. The Bertz CT molecular complexity index is 721. The predicted molar refractivity (Wildman–Crippen MR) is 95.3 cm³/mol. The minimum absolute atomic E-state index is 0.394. The number of hydrogen-bond acceptors (Lipinski definition) is 4. The lowest BCUT2D eigenvalue weighted by Crippen LogP contribution is -2.29. The van der Waals surface area contributed by atoms with E-state index < -0.39 is 24.6 Å². The van der Waals surface area contributed by atoms with Gasteiger partial charge in [0.25, 0.3) is 5.91 Å². The summed E-state index contributed by atoms with van der Waals surface area (Å²) in [6.07, 6.45) is -0.845. The van der Waals surface area contributed by atoms with Crippen molar-refractivity contribution in [2.75, 3.05) is 11.9 Å². The van der Waals surface area contributed by atoms with E-state index in [1.54, 1.807) is 49.4 Å². The number of carbonyl (C=O) groups excluding carboxylic acids is 2. The van der Waals surface area contributed by atoms with Gasteiger partial charge in [0, 0.05) is 9.50 Å². The fourth-order valence-electron chi connectivity index (χ4n) is 1.77. The van der Waals surface area contributed by atoms with Crippen LogP contribution in [0.25, 0.3) is 0 Å². The lowest BCUT2D eigenvalue weighted by atomic mass is 10.3. The molecule has 0 saturated heterocycles. The molecule has 0 bridgehead atoms. The topological polar surface area (TPSA) is 64.6 Å². The molecule has 5 nitrogen and oxygen atoms in total. The summed E-state index contributed by atoms with van der Waals surface area (Å²) in [6, 6.07) is 13.7. The molecule has 2 rings (SSSR count). The monoisotopic (exact) mass is 411 g/mol. The highest BCUT2D eigenvalue weighted by atomic mass is 79.9. The Morgan fingerprint density at radius 2 is 1.83 bits per heavy atom. The number of carbonyl (C=O) groups is 2. The summed E-state index contributed by atoms with van der Waals surface area (Å²) in [5.74, 6) is -0.581. The zero-order valence-electron chi connectivity index (χ0n) is 12.8. The highest BCUT2D eigenvalue weighted by Crippen LogP contribution is 2.21. The van der Waals surface area contributed by atoms with Gasteiger partial charge in [-0.15, -0.1) is 0 Å². The van der Waals surface area contributed by atoms with Crippen molar-refractivity contribution < 1.29 is 19.1 Å². The van der Waals surface area contributed by atoms with Gasteiger partial charge in [0.2, 0.25) is 0 Å². The summed E-state index contributed by atoms with van der Waals surface area (Å²) in [4.78, 5) is 23.7. The van der Waals surface area contributed by atoms with E-state index in [0.29, 0.717) is 16.5 Å². The Labute approximate surface area is 153 Å². The average Bonchev–Trinajstić information content (AvgIpc) is 2.57. The number of ether oxygens (including phenoxy) is 2. The van der Waals surface area contributed by atoms with Gasteiger partial charge in [-0.05, 0) is 59.3 Å². The van der Waals surface area contributed by atoms with E-state index in [1.165, 1.54) is 0 Å². The second-order valence-corrected chi connectivity index (χ2v) is 6.14. The van der Waals surface area contributed by atoms with Gasteiger partial charge in [0.05, 0.1) is 5.69 Å². The number of hydrogen-bond donors (Lipinski definition) is 1. The number of amides is 1. The molecule has 1 atom stereocenters. The summed E-state index contributed by atoms with van der Waals surface area (Å²) >= 11 is 9.10. The Morgan fingerprint density at radius 1 is 1.17 bits per heavy atom. The normalized spacial score (nSPS) is 11.5. The van der Waals surface area contributed by atoms with E-state index in [4.69, 9.17) is 21.1 Å². The van der Waals surface area contributed by atoms with Crippen LogP contribution in [0.5, 0.6) is 5.75 Å². The molecule has 24 heavy (non-hydrogen) atoms. The second kappa shape index (κ2) is 8.70. The third kappa shape index (κ3) is 5.54. The number of anilines is 1. The molecule has 2 aromatic rings. The highest BCUT2D eigenvalue weighted by Gasteiger charge is 2.18. The molecular formula is C17H15BrClNO4. The van der Waals surface area contributed by atoms with Crippen LogP contribution >= 0.6 is 27.5 Å². The molecule has 0 aliphatic rings. The molecule has 1 amide bonds. The van der Waals surface area contributed by atoms with Crippen molar-refractivity contribution in [2.45, 2.75) is 13.0 Å². The smallest absolute Gasteiger partial charge is 0.347 e. The molecule has 0 aliphatic carbocycles. The quantitative estimate of drug-likeness (QED) is 0.727. The lowest BCUT2D eigenvalue weighted by molar-refractivity contribution is -0.153. The van der Waals surface area contributed by atoms with E-state index in [2.05, 4.69) is 21.2 Å². The van der Waals surface area contributed by atoms with Crippen LogP contribution in [-0.4, -0.2) is 24.6 Å². The SMILES string of the molecule is C[C@H](Oc1ccc(Cl)cc1)C(=O)OCC(=O)Nc1ccccc1Br. The van der Waals surface area contributed by atoms with Crippen LogP contribution in [0.2, 0.25) is 5.02 Å². The first-order valence-corrected chi connectivity index (χ1v) is 8.26. The predicted octanol–water partition coefficient (Wildman–Crippen LogP) is 4.05. The molecule has 0 saturated carbocycles. The van der Waals surface area contributed by atoms with E-state index in [9.17, 15) is 9.59 Å². The van der Waals surface area contributed by atoms with Gasteiger partial charge in [-0.1, -0.05) is 23.7 Å². The fraction of sp³-hybridized carbons (Fsp3) is 0.176. The maximum Gasteiger partial charge on any atom is 0.347 e. The summed E-state index contributed by atoms with van der Waals surface area (Å²) in [5, 5.41) is 3.21. The van der Waals surface area contributed by atoms with Gasteiger partial charge in [0.1, 0.15) is 5.75 Å². The molecule has 0 aromatic heterocycles. The van der Waals surface area contributed by atoms with Crippen molar-refractivity contribution in [1.82, 2.24) is 0 Å². The first kappa shape index (κ1) is 18.3. The van der Waals surface area contributed by atoms with E-state index in [0.717, 1.165) is 4.47 Å². The summed E-state index contributed by atoms with van der Waals surface area (Å²) in [6.45, 7) is 1.15. The molecule has 0 radical (unpaired) electrons. The molecule has 2 aromatic carbocycles. The summed E-state index contributed by atoms with van der Waals surface area (Å²) in [5.41, 5.74) is 0.601. The van der Waals surface area contributed by atoms with E-state index in [-0.39, 0.29) is 0 Å². The summed E-state index contributed by atoms with van der Waals surface area (Å²) in [7, 11) is 0. The lowest BCUT2D eigenvalue weighted by Gasteiger charge is -2.14. The van der Waals surface area contributed by atoms with Gasteiger partial charge in [0.15, 0.2) is 12.7 Å². The number of rotatable bonds is 6. The van der Waals surface area contributed by atoms with Crippen molar-refractivity contribution in [3.8, 4) is 5.75 Å². The van der Waals surface area contributed by atoms with Crippen molar-refractivity contribution >= 4 is 45.1 Å². The first-order valence-electron chi connectivity index (χ1n) is 7.09. The van der Waals surface area contributed by atoms with Crippen LogP contribution < -0.4 is 10.1 Å². The van der Waals surface area contributed by atoms with E-state index >= 15 is 0 Å². The molecule has 0 fully saturated rings. The van der Waals surface area contributed by atoms with Gasteiger partial charge < -0.3 is 14.8 Å². The number of halogens is 2. The highest BCUT2D eigenvalue weighted by molar-refractivity contribution is 9.10. The minimum atomic E-state index is -0.845. The summed E-state index contributed by atoms with van der Waals surface area (Å²) < 4.78 is 11.1. The molecule has 7 heteroatoms. The van der Waals surface area contributed by atoms with Gasteiger partial charge in [-0.3, -0.25) is 4.79 Å². The molecule has 0 spiro atoms. The van der Waals surface area contributed by atoms with Gasteiger partial charge in [-0.25, -0.2) is 4.79 Å². The fourth-order valence-corrected chi connectivity index (χ4v) is 2.28. The van der Waals surface area contributed by atoms with Gasteiger partial charge in [-0.2, -0.15) is 0 Å². The van der Waals surface area contributed by atoms with Crippen molar-refractivity contribution in [3.63, 3.8) is 0 Å². The van der Waals surface area contributed by atoms with Crippen molar-refractivity contribution in [2.24, 2.45) is 0 Å². The van der Waals surface area contributed by atoms with Crippen LogP contribution in [0.3, 0.4) is 0 Å². The standard InChI is InChI=1S/C17H15BrClNO4/c1-11(24-13-8-6-12(19)7-9-13)17(22)23-10-16(21)20-15-5-3-2-4-14(15)18/h2-9,11H,10H2,1H3,(H,20,21)/t11-/m0/s1. The van der Waals surface area contributed by atoms with Crippen LogP contribution in [0.4, 0.5) is 5.69 Å². The Hall–Kier alpha value is -2.05. The maximum atomic E-state index is 11.9.